The van der Waals surface area contributed by atoms with Crippen LogP contribution in [0.4, 0.5) is 0 Å². The maximum Gasteiger partial charge on any atom is 0.283 e. The van der Waals surface area contributed by atoms with Gasteiger partial charge in [-0.25, -0.2) is 9.97 Å². The summed E-state index contributed by atoms with van der Waals surface area (Å²) >= 11 is 7.45. The van der Waals surface area contributed by atoms with E-state index in [-0.39, 0.29) is 17.3 Å². The SMILES string of the molecule is O=C1C[C@H](c2ccc(Cl)cc2)Cc2c1cnc1[nH]n(-c3nc4ccccc4s3)c(=O)c21. The van der Waals surface area contributed by atoms with Gasteiger partial charge in [-0.1, -0.05) is 47.2 Å². The van der Waals surface area contributed by atoms with E-state index in [4.69, 9.17) is 11.6 Å². The van der Waals surface area contributed by atoms with Crippen molar-refractivity contribution >= 4 is 50.0 Å². The van der Waals surface area contributed by atoms with Crippen LogP contribution in [0.2, 0.25) is 5.02 Å². The molecule has 0 amide bonds. The lowest BCUT2D eigenvalue weighted by atomic mass is 9.79. The number of benzene rings is 2. The summed E-state index contributed by atoms with van der Waals surface area (Å²) in [6.07, 6.45) is 2.56. The number of nitrogens with one attached hydrogen (secondary N) is 1. The number of Topliss-reactive ketones (excluding diaryl/α,β-unsaturated/α-hetero) is 1. The minimum Gasteiger partial charge on any atom is -0.294 e. The number of H-pyrrole nitrogens is 1. The number of halogens is 1. The summed E-state index contributed by atoms with van der Waals surface area (Å²) in [5.74, 6) is -0.00388. The molecule has 5 aromatic rings. The first-order valence-electron chi connectivity index (χ1n) is 9.85. The first-order valence-corrected chi connectivity index (χ1v) is 11.0. The van der Waals surface area contributed by atoms with Crippen molar-refractivity contribution in [1.29, 1.82) is 0 Å². The summed E-state index contributed by atoms with van der Waals surface area (Å²) < 4.78 is 2.43. The Hall–Kier alpha value is -3.29. The summed E-state index contributed by atoms with van der Waals surface area (Å²) in [4.78, 5) is 35.2. The van der Waals surface area contributed by atoms with Gasteiger partial charge in [0.2, 0.25) is 5.13 Å². The fourth-order valence-corrected chi connectivity index (χ4v) is 5.35. The van der Waals surface area contributed by atoms with Gasteiger partial charge in [-0.3, -0.25) is 14.7 Å². The Kier molecular flexibility index (Phi) is 4.09. The number of aromatic nitrogens is 4. The molecule has 0 aliphatic heterocycles. The Morgan fingerprint density at radius 2 is 1.87 bits per heavy atom. The number of ketones is 1. The molecule has 3 aromatic heterocycles. The monoisotopic (exact) mass is 446 g/mol. The predicted octanol–water partition coefficient (Wildman–Crippen LogP) is 4.89. The molecule has 3 heterocycles. The van der Waals surface area contributed by atoms with E-state index in [9.17, 15) is 9.59 Å². The number of rotatable bonds is 2. The Labute approximate surface area is 185 Å². The third-order valence-corrected chi connectivity index (χ3v) is 7.09. The number of pyridine rings is 1. The number of aromatic amines is 1. The number of para-hydroxylation sites is 1. The topological polar surface area (TPSA) is 80.6 Å². The molecule has 0 bridgehead atoms. The average Bonchev–Trinajstić information content (AvgIpc) is 3.35. The van der Waals surface area contributed by atoms with Crippen LogP contribution in [0.3, 0.4) is 0 Å². The molecule has 31 heavy (non-hydrogen) atoms. The molecule has 0 fully saturated rings. The zero-order valence-corrected chi connectivity index (χ0v) is 17.7. The molecular formula is C23H15ClN4O2S. The highest BCUT2D eigenvalue weighted by Crippen LogP contribution is 2.35. The molecule has 0 unspecified atom stereocenters. The summed E-state index contributed by atoms with van der Waals surface area (Å²) in [7, 11) is 0. The Bertz CT molecular complexity index is 1510. The third-order valence-electron chi connectivity index (χ3n) is 5.82. The van der Waals surface area contributed by atoms with Crippen molar-refractivity contribution in [2.75, 3.05) is 0 Å². The van der Waals surface area contributed by atoms with Crippen molar-refractivity contribution in [1.82, 2.24) is 19.7 Å². The molecule has 6 rings (SSSR count). The van der Waals surface area contributed by atoms with Crippen LogP contribution in [0.1, 0.15) is 33.8 Å². The zero-order chi connectivity index (χ0) is 21.1. The number of carbonyl (C=O) groups excluding carboxylic acids is 1. The largest absolute Gasteiger partial charge is 0.294 e. The summed E-state index contributed by atoms with van der Waals surface area (Å²) in [6.45, 7) is 0. The van der Waals surface area contributed by atoms with E-state index in [0.29, 0.717) is 39.6 Å². The van der Waals surface area contributed by atoms with Gasteiger partial charge in [0.05, 0.1) is 15.6 Å². The van der Waals surface area contributed by atoms with Crippen molar-refractivity contribution in [3.8, 4) is 5.13 Å². The van der Waals surface area contributed by atoms with E-state index in [1.165, 1.54) is 16.0 Å². The van der Waals surface area contributed by atoms with Gasteiger partial charge in [0.15, 0.2) is 11.4 Å². The van der Waals surface area contributed by atoms with E-state index < -0.39 is 0 Å². The predicted molar refractivity (Wildman–Crippen MR) is 122 cm³/mol. The summed E-state index contributed by atoms with van der Waals surface area (Å²) in [5.41, 5.74) is 3.39. The standard InChI is InChI=1S/C23H15ClN4O2S/c24-14-7-5-12(6-8-14)13-9-15-16(18(29)10-13)11-25-21-20(15)22(30)28(27-21)23-26-17-3-1-2-4-19(17)31-23/h1-8,11,13H,9-10H2,(H,25,27)/t13-/m1/s1. The second-order valence-electron chi connectivity index (χ2n) is 7.67. The van der Waals surface area contributed by atoms with Gasteiger partial charge in [-0.05, 0) is 47.7 Å². The number of hydrogen-bond acceptors (Lipinski definition) is 5. The van der Waals surface area contributed by atoms with Gasteiger partial charge in [0.25, 0.3) is 5.56 Å². The molecule has 1 aliphatic rings. The van der Waals surface area contributed by atoms with E-state index in [2.05, 4.69) is 15.1 Å². The first kappa shape index (κ1) is 18.5. The van der Waals surface area contributed by atoms with Crippen molar-refractivity contribution in [2.45, 2.75) is 18.8 Å². The number of carbonyl (C=O) groups is 1. The lowest BCUT2D eigenvalue weighted by Gasteiger charge is -2.24. The lowest BCUT2D eigenvalue weighted by molar-refractivity contribution is 0.0964. The maximum atomic E-state index is 13.4. The molecule has 1 aliphatic carbocycles. The van der Waals surface area contributed by atoms with Crippen LogP contribution in [-0.2, 0) is 6.42 Å². The van der Waals surface area contributed by atoms with Crippen molar-refractivity contribution < 1.29 is 4.79 Å². The van der Waals surface area contributed by atoms with Crippen molar-refractivity contribution in [2.24, 2.45) is 0 Å². The molecule has 1 N–H and O–H groups in total. The molecule has 6 nitrogen and oxygen atoms in total. The van der Waals surface area contributed by atoms with Gasteiger partial charge in [0.1, 0.15) is 0 Å². The van der Waals surface area contributed by atoms with Gasteiger partial charge < -0.3 is 0 Å². The molecule has 0 saturated carbocycles. The van der Waals surface area contributed by atoms with E-state index in [1.54, 1.807) is 6.20 Å². The Balaban J connectivity index is 1.51. The quantitative estimate of drug-likeness (QED) is 0.418. The summed E-state index contributed by atoms with van der Waals surface area (Å²) in [5, 5.41) is 4.75. The van der Waals surface area contributed by atoms with Gasteiger partial charge >= 0.3 is 0 Å². The number of thiazole rings is 1. The highest BCUT2D eigenvalue weighted by atomic mass is 35.5. The normalized spacial score (nSPS) is 16.2. The highest BCUT2D eigenvalue weighted by Gasteiger charge is 2.30. The van der Waals surface area contributed by atoms with Gasteiger partial charge in [0, 0.05) is 23.2 Å². The van der Waals surface area contributed by atoms with Crippen molar-refractivity contribution in [3.63, 3.8) is 0 Å². The number of fused-ring (bicyclic) bond motifs is 4. The fraction of sp³-hybridized carbons (Fsp3) is 0.130. The van der Waals surface area contributed by atoms with E-state index in [1.807, 2.05) is 48.5 Å². The average molecular weight is 447 g/mol. The Morgan fingerprint density at radius 1 is 1.06 bits per heavy atom. The molecule has 1 atom stereocenters. The van der Waals surface area contributed by atoms with Crippen molar-refractivity contribution in [3.05, 3.63) is 86.8 Å². The number of hydrogen-bond donors (Lipinski definition) is 1. The van der Waals surface area contributed by atoms with Crippen LogP contribution in [0.25, 0.3) is 26.4 Å². The maximum absolute atomic E-state index is 13.4. The first-order chi connectivity index (χ1) is 15.1. The third kappa shape index (κ3) is 2.92. The second kappa shape index (κ2) is 6.87. The summed E-state index contributed by atoms with van der Waals surface area (Å²) in [6, 6.07) is 15.3. The molecule has 152 valence electrons. The molecule has 8 heteroatoms. The molecular weight excluding hydrogens is 432 g/mol. The Morgan fingerprint density at radius 3 is 2.68 bits per heavy atom. The van der Waals surface area contributed by atoms with Crippen LogP contribution < -0.4 is 5.56 Å². The minimum atomic E-state index is -0.233. The molecule has 0 spiro atoms. The highest BCUT2D eigenvalue weighted by molar-refractivity contribution is 7.20. The van der Waals surface area contributed by atoms with Crippen LogP contribution in [-0.4, -0.2) is 25.5 Å². The van der Waals surface area contributed by atoms with E-state index >= 15 is 0 Å². The van der Waals surface area contributed by atoms with Crippen LogP contribution in [0.15, 0.2) is 59.5 Å². The van der Waals surface area contributed by atoms with Crippen LogP contribution >= 0.6 is 22.9 Å². The van der Waals surface area contributed by atoms with Gasteiger partial charge in [-0.15, -0.1) is 0 Å². The van der Waals surface area contributed by atoms with E-state index in [0.717, 1.165) is 21.3 Å². The zero-order valence-electron chi connectivity index (χ0n) is 16.1. The van der Waals surface area contributed by atoms with Gasteiger partial charge in [-0.2, -0.15) is 4.68 Å². The molecule has 0 saturated heterocycles. The fourth-order valence-electron chi connectivity index (χ4n) is 4.30. The number of nitrogens with zero attached hydrogens (tertiary/aromatic N) is 3. The lowest BCUT2D eigenvalue weighted by Crippen LogP contribution is -2.22. The smallest absolute Gasteiger partial charge is 0.283 e. The minimum absolute atomic E-state index is 0.00253. The second-order valence-corrected chi connectivity index (χ2v) is 9.12. The van der Waals surface area contributed by atoms with Crippen LogP contribution in [0, 0.1) is 0 Å². The van der Waals surface area contributed by atoms with Crippen LogP contribution in [0.5, 0.6) is 0 Å². The molecule has 0 radical (unpaired) electrons. The molecule has 2 aromatic carbocycles.